The van der Waals surface area contributed by atoms with E-state index in [1.165, 1.54) is 141 Å². The summed E-state index contributed by atoms with van der Waals surface area (Å²) < 4.78 is 16.6. The Morgan fingerprint density at radius 1 is 0.365 bits per heavy atom. The van der Waals surface area contributed by atoms with Crippen molar-refractivity contribution in [3.63, 3.8) is 0 Å². The molecule has 0 bridgehead atoms. The Hall–Kier alpha value is -1.59. The van der Waals surface area contributed by atoms with Crippen molar-refractivity contribution in [2.75, 3.05) is 13.2 Å². The normalized spacial score (nSPS) is 11.9. The number of carbonyl (C=O) groups is 3. The fraction of sp³-hybridized carbons (Fsp3) is 0.935. The van der Waals surface area contributed by atoms with Crippen molar-refractivity contribution in [1.82, 2.24) is 0 Å². The number of esters is 3. The Bertz CT molecular complexity index is 781. The summed E-state index contributed by atoms with van der Waals surface area (Å²) in [7, 11) is 0. The van der Waals surface area contributed by atoms with E-state index in [0.717, 1.165) is 70.1 Å². The molecule has 0 unspecified atom stereocenters. The third-order valence-electron chi connectivity index (χ3n) is 10.3. The number of hydrogen-bond acceptors (Lipinski definition) is 6. The molecule has 0 aromatic heterocycles. The molecule has 0 aromatic carbocycles. The van der Waals surface area contributed by atoms with Gasteiger partial charge in [-0.15, -0.1) is 0 Å². The highest BCUT2D eigenvalue weighted by Gasteiger charge is 2.19. The maximum absolute atomic E-state index is 12.6. The Morgan fingerprint density at radius 3 is 0.942 bits per heavy atom. The van der Waals surface area contributed by atoms with Crippen molar-refractivity contribution in [3.05, 3.63) is 0 Å². The largest absolute Gasteiger partial charge is 0.462 e. The number of ether oxygens (including phenoxy) is 3. The molecular formula is C46H88O6. The van der Waals surface area contributed by atoms with E-state index in [1.54, 1.807) is 0 Å². The predicted molar refractivity (Wildman–Crippen MR) is 220 cm³/mol. The van der Waals surface area contributed by atoms with E-state index in [4.69, 9.17) is 14.2 Å². The third kappa shape index (κ3) is 39.6. The van der Waals surface area contributed by atoms with Gasteiger partial charge >= 0.3 is 17.9 Å². The lowest BCUT2D eigenvalue weighted by atomic mass is 10.0. The van der Waals surface area contributed by atoms with Gasteiger partial charge in [0.25, 0.3) is 0 Å². The zero-order valence-electron chi connectivity index (χ0n) is 35.3. The summed E-state index contributed by atoms with van der Waals surface area (Å²) in [5.74, 6) is -0.0165. The first-order chi connectivity index (χ1) is 25.4. The summed E-state index contributed by atoms with van der Waals surface area (Å²) in [5.41, 5.74) is 0. The van der Waals surface area contributed by atoms with Crippen LogP contribution in [0.3, 0.4) is 0 Å². The minimum absolute atomic E-state index is 0.0647. The number of rotatable bonds is 41. The molecule has 0 aliphatic carbocycles. The van der Waals surface area contributed by atoms with E-state index in [9.17, 15) is 14.4 Å². The minimum atomic E-state index is -0.756. The fourth-order valence-corrected chi connectivity index (χ4v) is 6.80. The van der Waals surface area contributed by atoms with Crippen LogP contribution in [0, 0.1) is 5.92 Å². The molecule has 0 aliphatic rings. The third-order valence-corrected chi connectivity index (χ3v) is 10.3. The lowest BCUT2D eigenvalue weighted by Crippen LogP contribution is -2.30. The number of unbranched alkanes of at least 4 members (excludes halogenated alkanes) is 28. The highest BCUT2D eigenvalue weighted by molar-refractivity contribution is 5.71. The van der Waals surface area contributed by atoms with E-state index in [0.29, 0.717) is 19.3 Å². The van der Waals surface area contributed by atoms with Crippen LogP contribution in [-0.2, 0) is 28.6 Å². The maximum atomic E-state index is 12.6. The van der Waals surface area contributed by atoms with Crippen LogP contribution in [0.25, 0.3) is 0 Å². The Morgan fingerprint density at radius 2 is 0.635 bits per heavy atom. The quantitative estimate of drug-likeness (QED) is 0.0353. The van der Waals surface area contributed by atoms with Gasteiger partial charge in [0.15, 0.2) is 6.10 Å². The average Bonchev–Trinajstić information content (AvgIpc) is 3.12. The average molecular weight is 737 g/mol. The molecule has 6 heteroatoms. The van der Waals surface area contributed by atoms with Gasteiger partial charge in [-0.1, -0.05) is 214 Å². The number of hydrogen-bond donors (Lipinski definition) is 0. The van der Waals surface area contributed by atoms with Gasteiger partial charge in [0.2, 0.25) is 0 Å². The zero-order chi connectivity index (χ0) is 38.2. The van der Waals surface area contributed by atoms with E-state index in [-0.39, 0.29) is 31.1 Å². The van der Waals surface area contributed by atoms with E-state index in [1.807, 2.05) is 0 Å². The van der Waals surface area contributed by atoms with Gasteiger partial charge in [0.1, 0.15) is 13.2 Å². The van der Waals surface area contributed by atoms with Crippen LogP contribution in [0.4, 0.5) is 0 Å². The van der Waals surface area contributed by atoms with Crippen LogP contribution in [-0.4, -0.2) is 37.2 Å². The van der Waals surface area contributed by atoms with Crippen LogP contribution < -0.4 is 0 Å². The molecule has 308 valence electrons. The topological polar surface area (TPSA) is 78.9 Å². The van der Waals surface area contributed by atoms with Crippen LogP contribution in [0.5, 0.6) is 0 Å². The molecular weight excluding hydrogens is 649 g/mol. The summed E-state index contributed by atoms with van der Waals surface area (Å²) in [6.45, 7) is 8.92. The fourth-order valence-electron chi connectivity index (χ4n) is 6.80. The molecule has 0 heterocycles. The molecule has 0 spiro atoms. The lowest BCUT2D eigenvalue weighted by Gasteiger charge is -2.18. The first-order valence-corrected chi connectivity index (χ1v) is 22.9. The highest BCUT2D eigenvalue weighted by Crippen LogP contribution is 2.16. The Balaban J connectivity index is 4.09. The minimum Gasteiger partial charge on any atom is -0.462 e. The van der Waals surface area contributed by atoms with Crippen molar-refractivity contribution in [3.8, 4) is 0 Å². The van der Waals surface area contributed by atoms with Crippen LogP contribution in [0.1, 0.15) is 252 Å². The molecule has 0 fully saturated rings. The van der Waals surface area contributed by atoms with Gasteiger partial charge in [0.05, 0.1) is 0 Å². The number of carbonyl (C=O) groups excluding carboxylic acids is 3. The molecule has 0 radical (unpaired) electrons. The summed E-state index contributed by atoms with van der Waals surface area (Å²) in [6, 6.07) is 0. The summed E-state index contributed by atoms with van der Waals surface area (Å²) in [5, 5.41) is 0. The molecule has 0 aliphatic heterocycles. The first-order valence-electron chi connectivity index (χ1n) is 22.9. The molecule has 0 saturated carbocycles. The SMILES string of the molecule is CCCCCCCCCCCCC(=O)O[C@@H](COC(=O)CCCCCCC)COC(=O)CCCCCCCCCCCCCCCCCCC(C)C. The van der Waals surface area contributed by atoms with E-state index < -0.39 is 6.10 Å². The van der Waals surface area contributed by atoms with Crippen molar-refractivity contribution in [1.29, 1.82) is 0 Å². The standard InChI is InChI=1S/C46H88O6/c1-5-7-9-11-12-13-23-27-31-35-39-46(49)52-43(40-50-44(47)37-33-28-10-8-6-2)41-51-45(48)38-34-30-26-24-21-19-17-15-14-16-18-20-22-25-29-32-36-42(3)4/h42-43H,5-41H2,1-4H3/t43-/m0/s1. The maximum Gasteiger partial charge on any atom is 0.306 e. The Kier molecular flexibility index (Phi) is 39.4. The van der Waals surface area contributed by atoms with Crippen LogP contribution in [0.2, 0.25) is 0 Å². The molecule has 0 aromatic rings. The smallest absolute Gasteiger partial charge is 0.306 e. The highest BCUT2D eigenvalue weighted by atomic mass is 16.6. The van der Waals surface area contributed by atoms with Crippen molar-refractivity contribution in [2.45, 2.75) is 259 Å². The van der Waals surface area contributed by atoms with Crippen LogP contribution >= 0.6 is 0 Å². The summed E-state index contributed by atoms with van der Waals surface area (Å²) in [6.07, 6.45) is 39.8. The lowest BCUT2D eigenvalue weighted by molar-refractivity contribution is -0.167. The Labute approximate surface area is 323 Å². The monoisotopic (exact) mass is 737 g/mol. The van der Waals surface area contributed by atoms with Crippen molar-refractivity contribution >= 4 is 17.9 Å². The second-order valence-electron chi connectivity index (χ2n) is 16.2. The molecule has 6 nitrogen and oxygen atoms in total. The first kappa shape index (κ1) is 50.4. The van der Waals surface area contributed by atoms with Crippen molar-refractivity contribution in [2.24, 2.45) is 5.92 Å². The van der Waals surface area contributed by atoms with Gasteiger partial charge < -0.3 is 14.2 Å². The van der Waals surface area contributed by atoms with Gasteiger partial charge in [0, 0.05) is 19.3 Å². The predicted octanol–water partition coefficient (Wildman–Crippen LogP) is 14.3. The molecule has 0 saturated heterocycles. The second kappa shape index (κ2) is 40.6. The molecule has 1 atom stereocenters. The molecule has 0 rings (SSSR count). The summed E-state index contributed by atoms with van der Waals surface area (Å²) >= 11 is 0. The van der Waals surface area contributed by atoms with Gasteiger partial charge in [-0.3, -0.25) is 14.4 Å². The van der Waals surface area contributed by atoms with Crippen molar-refractivity contribution < 1.29 is 28.6 Å². The van der Waals surface area contributed by atoms with Crippen LogP contribution in [0.15, 0.2) is 0 Å². The molecule has 0 N–H and O–H groups in total. The second-order valence-corrected chi connectivity index (χ2v) is 16.2. The van der Waals surface area contributed by atoms with Gasteiger partial charge in [-0.25, -0.2) is 0 Å². The van der Waals surface area contributed by atoms with E-state index in [2.05, 4.69) is 27.7 Å². The van der Waals surface area contributed by atoms with Gasteiger partial charge in [-0.05, 0) is 25.2 Å². The molecule has 52 heavy (non-hydrogen) atoms. The van der Waals surface area contributed by atoms with Gasteiger partial charge in [-0.2, -0.15) is 0 Å². The van der Waals surface area contributed by atoms with E-state index >= 15 is 0 Å². The zero-order valence-corrected chi connectivity index (χ0v) is 35.3. The molecule has 0 amide bonds. The summed E-state index contributed by atoms with van der Waals surface area (Å²) in [4.78, 5) is 37.4.